The van der Waals surface area contributed by atoms with E-state index in [-0.39, 0.29) is 44.8 Å². The molecular weight excluding hydrogens is 1120 g/mol. The summed E-state index contributed by atoms with van der Waals surface area (Å²) in [5.74, 6) is 5.99. The number of hydrogen-bond donors (Lipinski definition) is 0. The molecule has 0 N–H and O–H groups in total. The van der Waals surface area contributed by atoms with Gasteiger partial charge >= 0.3 is 44.8 Å². The second-order valence-electron chi connectivity index (χ2n) is 13.7. The molecule has 7 aromatic carbocycles. The second-order valence-corrected chi connectivity index (χ2v) is 19.4. The summed E-state index contributed by atoms with van der Waals surface area (Å²) >= 11 is 0. The first kappa shape index (κ1) is 43.7. The molecule has 0 spiro atoms. The summed E-state index contributed by atoms with van der Waals surface area (Å²) in [6, 6.07) is 60.8. The van der Waals surface area contributed by atoms with Crippen molar-refractivity contribution in [2.75, 3.05) is 5.90 Å². The minimum Gasteiger partial charge on any atom is -0.458 e. The van der Waals surface area contributed by atoms with Gasteiger partial charge in [0.2, 0.25) is 0 Å². The summed E-state index contributed by atoms with van der Waals surface area (Å²) in [5, 5.41) is 10.6. The van der Waals surface area contributed by atoms with Crippen LogP contribution in [0.4, 0.5) is 0 Å². The molecule has 9 aromatic rings. The number of fused-ring (bicyclic) bond motifs is 6. The molecule has 0 radical (unpaired) electrons. The topological polar surface area (TPSA) is 26.3 Å². The average molecular weight is 1160 g/mol. The van der Waals surface area contributed by atoms with Gasteiger partial charge in [0.1, 0.15) is 54.1 Å². The fourth-order valence-corrected chi connectivity index (χ4v) is 15.1. The molecule has 6 heteroatoms. The van der Waals surface area contributed by atoms with Crippen LogP contribution in [-0.4, -0.2) is 5.90 Å². The molecule has 0 saturated carbocycles. The Morgan fingerprint density at radius 2 is 0.847 bits per heavy atom. The molecule has 10 rings (SSSR count). The van der Waals surface area contributed by atoms with Gasteiger partial charge in [-0.15, -0.1) is 23.3 Å². The van der Waals surface area contributed by atoms with Crippen molar-refractivity contribution in [2.24, 2.45) is 0 Å². The zero-order valence-corrected chi connectivity index (χ0v) is 38.3. The summed E-state index contributed by atoms with van der Waals surface area (Å²) in [7, 11) is -1.62. The minimum absolute atomic E-state index is 0. The number of para-hydroxylation sites is 2. The smallest absolute Gasteiger partial charge is 0.458 e. The molecule has 0 fully saturated rings. The summed E-state index contributed by atoms with van der Waals surface area (Å²) in [4.78, 5) is 0. The van der Waals surface area contributed by atoms with Gasteiger partial charge in [0, 0.05) is 21.5 Å². The van der Waals surface area contributed by atoms with Crippen LogP contribution < -0.4 is 15.9 Å². The minimum atomic E-state index is -0.823. The fraction of sp³-hybridized carbons (Fsp3) is 0.0566. The predicted molar refractivity (Wildman–Crippen MR) is 246 cm³/mol. The number of hydrogen-bond acceptors (Lipinski definition) is 2. The molecule has 1 aliphatic rings. The maximum atomic E-state index is 7.06. The normalized spacial score (nSPS) is 12.2. The number of furan rings is 2. The predicted octanol–water partition coefficient (Wildman–Crippen LogP) is 12.6. The molecule has 59 heavy (non-hydrogen) atoms. The molecule has 2 nitrogen and oxygen atoms in total. The van der Waals surface area contributed by atoms with Crippen molar-refractivity contribution in [1.82, 2.24) is 0 Å². The summed E-state index contributed by atoms with van der Waals surface area (Å²) in [6.45, 7) is 0. The molecule has 294 valence electrons. The maximum Gasteiger partial charge on any atom is 1.00 e. The summed E-state index contributed by atoms with van der Waals surface area (Å²) in [5.41, 5.74) is 4.87. The second kappa shape index (κ2) is 21.4. The van der Waals surface area contributed by atoms with Crippen LogP contribution in [0.5, 0.6) is 0 Å². The van der Waals surface area contributed by atoms with Crippen LogP contribution in [0.3, 0.4) is 0 Å². The van der Waals surface area contributed by atoms with E-state index in [1.807, 2.05) is 84.9 Å². The first-order valence-corrected chi connectivity index (χ1v) is 22.5. The molecule has 2 aromatic heterocycles. The monoisotopic (exact) mass is 1160 g/mol. The molecule has 1 atom stereocenters. The molecule has 2 heterocycles. The van der Waals surface area contributed by atoms with Gasteiger partial charge in [-0.25, -0.2) is 0 Å². The zero-order valence-electron chi connectivity index (χ0n) is 32.0. The van der Waals surface area contributed by atoms with E-state index in [9.17, 15) is 0 Å². The van der Waals surface area contributed by atoms with Crippen LogP contribution in [0, 0.1) is 24.7 Å². The van der Waals surface area contributed by atoms with Gasteiger partial charge in [-0.05, 0) is 73.5 Å². The van der Waals surface area contributed by atoms with Crippen LogP contribution in [0.1, 0.15) is 24.0 Å². The van der Waals surface area contributed by atoms with Gasteiger partial charge in [-0.3, -0.25) is 11.8 Å². The van der Waals surface area contributed by atoms with Crippen molar-refractivity contribution in [3.05, 3.63) is 223 Å². The van der Waals surface area contributed by atoms with E-state index in [1.165, 1.54) is 34.7 Å². The van der Waals surface area contributed by atoms with E-state index >= 15 is 0 Å². The quantitative estimate of drug-likeness (QED) is 0.0718. The Kier molecular flexibility index (Phi) is 15.8. The Labute approximate surface area is 380 Å². The van der Waals surface area contributed by atoms with Gasteiger partial charge < -0.3 is 21.7 Å². The van der Waals surface area contributed by atoms with Crippen LogP contribution in [-0.2, 0) is 44.8 Å². The zero-order chi connectivity index (χ0) is 38.8. The molecule has 0 amide bonds. The van der Waals surface area contributed by atoms with Gasteiger partial charge in [0.15, 0.2) is 5.90 Å². The first-order valence-electron chi connectivity index (χ1n) is 19.1. The molecule has 0 aliphatic heterocycles. The van der Waals surface area contributed by atoms with Gasteiger partial charge in [0.05, 0.1) is 5.31 Å². The third-order valence-corrected chi connectivity index (χ3v) is 17.1. The Hall–Kier alpha value is -4.92. The Bertz CT molecular complexity index is 2760. The van der Waals surface area contributed by atoms with Crippen LogP contribution >= 0.6 is 15.8 Å². The average Bonchev–Trinajstić information content (AvgIpc) is 3.86. The van der Waals surface area contributed by atoms with Crippen molar-refractivity contribution in [3.8, 4) is 11.8 Å². The number of allylic oxidation sites excluding steroid dienone is 4. The maximum absolute atomic E-state index is 7.06. The van der Waals surface area contributed by atoms with Gasteiger partial charge in [-0.1, -0.05) is 121 Å². The van der Waals surface area contributed by atoms with Crippen molar-refractivity contribution in [1.29, 1.82) is 0 Å². The van der Waals surface area contributed by atoms with E-state index in [0.29, 0.717) is 0 Å². The third-order valence-electron chi connectivity index (χ3n) is 10.1. The Morgan fingerprint density at radius 1 is 0.441 bits per heavy atom. The summed E-state index contributed by atoms with van der Waals surface area (Å²) in [6.07, 6.45) is 23.8. The van der Waals surface area contributed by atoms with Crippen LogP contribution in [0.15, 0.2) is 208 Å². The first-order chi connectivity index (χ1) is 28.2. The van der Waals surface area contributed by atoms with Crippen molar-refractivity contribution < 1.29 is 53.6 Å². The molecule has 0 bridgehead atoms. The van der Waals surface area contributed by atoms with E-state index in [0.717, 1.165) is 55.0 Å². The number of rotatable bonds is 6. The van der Waals surface area contributed by atoms with E-state index in [4.69, 9.17) is 21.7 Å². The van der Waals surface area contributed by atoms with Crippen molar-refractivity contribution in [2.45, 2.75) is 12.8 Å². The van der Waals surface area contributed by atoms with E-state index in [1.54, 1.807) is 5.31 Å². The van der Waals surface area contributed by atoms with Crippen molar-refractivity contribution >= 4 is 75.6 Å². The largest absolute Gasteiger partial charge is 1.00 e. The Morgan fingerprint density at radius 3 is 1.27 bits per heavy atom. The fourth-order valence-electron chi connectivity index (χ4n) is 7.28. The van der Waals surface area contributed by atoms with Crippen molar-refractivity contribution in [3.63, 3.8) is 0 Å². The SMILES string of the molecule is C1=CC([PH+](C[PH+](c2ccccc2)c2ccccc2)c2ccccc2)=CCC1.[Au+].[Au+].[C-]#Cc1ccc2c(c1)oc1ccccc12.[C-]#Cc1ccc2c(c1)oc1ccccc12. The standard InChI is InChI=1S/C25H24P2.2C14H7O.2Au/c1-5-13-22(14-6-1)26(23-15-7-2-8-16-23)21-27(24-17-9-3-10-18-24)25-19-11-4-12-20-25;2*1-2-10-7-8-12-11-5-3-4-6-13(11)15-14(12)9-10;;/h1-3,5-11,13-20H,4,12,21H2;2*3-9H;;/q;2*-1;2*+1/p+2. The third kappa shape index (κ3) is 10.5. The van der Waals surface area contributed by atoms with Gasteiger partial charge in [-0.2, -0.15) is 0 Å². The summed E-state index contributed by atoms with van der Waals surface area (Å²) < 4.78 is 11.3. The molecule has 1 unspecified atom stereocenters. The van der Waals surface area contributed by atoms with E-state index in [2.05, 4.69) is 121 Å². The molecule has 1 aliphatic carbocycles. The van der Waals surface area contributed by atoms with Crippen LogP contribution in [0.25, 0.3) is 43.9 Å². The Balaban J connectivity index is 0.000000156. The number of benzene rings is 7. The molecular formula is C53H40Au2O2P2+2. The van der Waals surface area contributed by atoms with Crippen LogP contribution in [0.2, 0.25) is 0 Å². The van der Waals surface area contributed by atoms with Gasteiger partial charge in [0.25, 0.3) is 0 Å². The van der Waals surface area contributed by atoms with E-state index < -0.39 is 15.8 Å². The molecule has 0 saturated heterocycles.